The van der Waals surface area contributed by atoms with Gasteiger partial charge in [-0.15, -0.1) is 0 Å². The number of methoxy groups -OCH3 is 2. The number of aromatic nitrogens is 2. The first kappa shape index (κ1) is 16.9. The third-order valence-electron chi connectivity index (χ3n) is 2.97. The van der Waals surface area contributed by atoms with E-state index in [9.17, 15) is 14.9 Å². The number of nitrogens with zero attached hydrogens (tertiary/aromatic N) is 4. The highest BCUT2D eigenvalue weighted by atomic mass is 16.6. The van der Waals surface area contributed by atoms with Gasteiger partial charge in [0.25, 0.3) is 5.91 Å². The Labute approximate surface area is 136 Å². The standard InChI is InChI=1S/C14H15N5O5/c1-23-12-3-4-13(24-2)10(5-12)6-15-17-14(20)9-18-8-11(7-16-18)19(21)22/h3-8H,9H2,1-2H3,(H,17,20)/b15-6+. The lowest BCUT2D eigenvalue weighted by Gasteiger charge is -2.06. The van der Waals surface area contributed by atoms with Crippen LogP contribution in [0, 0.1) is 10.1 Å². The van der Waals surface area contributed by atoms with E-state index >= 15 is 0 Å². The fourth-order valence-corrected chi connectivity index (χ4v) is 1.83. The molecule has 0 bridgehead atoms. The molecular weight excluding hydrogens is 318 g/mol. The lowest BCUT2D eigenvalue weighted by Crippen LogP contribution is -2.23. The topological polar surface area (TPSA) is 121 Å². The van der Waals surface area contributed by atoms with Gasteiger partial charge in [-0.25, -0.2) is 5.43 Å². The summed E-state index contributed by atoms with van der Waals surface area (Å²) in [6.07, 6.45) is 3.64. The molecule has 0 atom stereocenters. The minimum absolute atomic E-state index is 0.188. The van der Waals surface area contributed by atoms with Crippen molar-refractivity contribution in [3.63, 3.8) is 0 Å². The summed E-state index contributed by atoms with van der Waals surface area (Å²) in [4.78, 5) is 21.7. The Bertz CT molecular complexity index is 771. The van der Waals surface area contributed by atoms with Crippen LogP contribution in [0.3, 0.4) is 0 Å². The Hall–Kier alpha value is -3.43. The van der Waals surface area contributed by atoms with Crippen molar-refractivity contribution in [3.8, 4) is 11.5 Å². The van der Waals surface area contributed by atoms with Crippen molar-refractivity contribution in [2.75, 3.05) is 14.2 Å². The van der Waals surface area contributed by atoms with E-state index in [1.54, 1.807) is 18.2 Å². The smallest absolute Gasteiger partial charge is 0.307 e. The Morgan fingerprint density at radius 2 is 2.25 bits per heavy atom. The molecule has 0 saturated carbocycles. The van der Waals surface area contributed by atoms with Gasteiger partial charge in [-0.05, 0) is 18.2 Å². The van der Waals surface area contributed by atoms with Crippen LogP contribution >= 0.6 is 0 Å². The SMILES string of the molecule is COc1ccc(OC)c(/C=N/NC(=O)Cn2cc([N+](=O)[O-])cn2)c1. The van der Waals surface area contributed by atoms with Gasteiger partial charge in [0.1, 0.15) is 30.4 Å². The lowest BCUT2D eigenvalue weighted by molar-refractivity contribution is -0.385. The number of hydrogen-bond acceptors (Lipinski definition) is 7. The maximum atomic E-state index is 11.7. The van der Waals surface area contributed by atoms with Crippen molar-refractivity contribution in [2.24, 2.45) is 5.10 Å². The molecule has 1 aromatic heterocycles. The Balaban J connectivity index is 1.97. The van der Waals surface area contributed by atoms with Crippen LogP contribution in [0.15, 0.2) is 35.7 Å². The zero-order valence-corrected chi connectivity index (χ0v) is 13.0. The van der Waals surface area contributed by atoms with E-state index in [1.807, 2.05) is 0 Å². The van der Waals surface area contributed by atoms with Gasteiger partial charge in [0.15, 0.2) is 0 Å². The zero-order chi connectivity index (χ0) is 17.5. The van der Waals surface area contributed by atoms with Crippen LogP contribution in [0.25, 0.3) is 0 Å². The Morgan fingerprint density at radius 3 is 2.88 bits per heavy atom. The molecule has 0 spiro atoms. The molecule has 0 aliphatic heterocycles. The van der Waals surface area contributed by atoms with Crippen LogP contribution in [0.4, 0.5) is 5.69 Å². The summed E-state index contributed by atoms with van der Waals surface area (Å²) in [7, 11) is 3.05. The van der Waals surface area contributed by atoms with Crippen molar-refractivity contribution in [2.45, 2.75) is 6.54 Å². The van der Waals surface area contributed by atoms with Crippen LogP contribution in [-0.4, -0.2) is 41.0 Å². The number of benzene rings is 1. The van der Waals surface area contributed by atoms with E-state index in [2.05, 4.69) is 15.6 Å². The van der Waals surface area contributed by atoms with E-state index in [-0.39, 0.29) is 12.2 Å². The van der Waals surface area contributed by atoms with Crippen LogP contribution < -0.4 is 14.9 Å². The van der Waals surface area contributed by atoms with Gasteiger partial charge in [0, 0.05) is 5.56 Å². The van der Waals surface area contributed by atoms with Crippen molar-refractivity contribution in [1.82, 2.24) is 15.2 Å². The zero-order valence-electron chi connectivity index (χ0n) is 13.0. The first-order valence-corrected chi connectivity index (χ1v) is 6.74. The van der Waals surface area contributed by atoms with E-state index in [0.717, 1.165) is 17.1 Å². The fourth-order valence-electron chi connectivity index (χ4n) is 1.83. The van der Waals surface area contributed by atoms with Crippen molar-refractivity contribution >= 4 is 17.8 Å². The highest BCUT2D eigenvalue weighted by molar-refractivity contribution is 5.85. The van der Waals surface area contributed by atoms with Crippen molar-refractivity contribution < 1.29 is 19.2 Å². The highest BCUT2D eigenvalue weighted by Crippen LogP contribution is 2.22. The quantitative estimate of drug-likeness (QED) is 0.457. The molecule has 0 radical (unpaired) electrons. The van der Waals surface area contributed by atoms with Gasteiger partial charge in [0.2, 0.25) is 0 Å². The number of amides is 1. The summed E-state index contributed by atoms with van der Waals surface area (Å²) in [5.41, 5.74) is 2.74. The largest absolute Gasteiger partial charge is 0.497 e. The minimum Gasteiger partial charge on any atom is -0.497 e. The normalized spacial score (nSPS) is 10.6. The molecule has 1 N–H and O–H groups in total. The summed E-state index contributed by atoms with van der Waals surface area (Å²) in [5, 5.41) is 18.1. The molecular formula is C14H15N5O5. The fraction of sp³-hybridized carbons (Fsp3) is 0.214. The first-order valence-electron chi connectivity index (χ1n) is 6.74. The molecule has 126 valence electrons. The number of carbonyl (C=O) groups is 1. The molecule has 24 heavy (non-hydrogen) atoms. The molecule has 10 heteroatoms. The number of rotatable bonds is 7. The number of nitro groups is 1. The number of ether oxygens (including phenoxy) is 2. The van der Waals surface area contributed by atoms with E-state index in [1.165, 1.54) is 20.4 Å². The van der Waals surface area contributed by atoms with Crippen molar-refractivity contribution in [1.29, 1.82) is 0 Å². The van der Waals surface area contributed by atoms with Gasteiger partial charge in [-0.2, -0.15) is 10.2 Å². The van der Waals surface area contributed by atoms with Gasteiger partial charge < -0.3 is 9.47 Å². The third kappa shape index (κ3) is 4.29. The summed E-state index contributed by atoms with van der Waals surface area (Å²) in [6, 6.07) is 5.15. The molecule has 10 nitrogen and oxygen atoms in total. The number of carbonyl (C=O) groups excluding carboxylic acids is 1. The number of nitrogens with one attached hydrogen (secondary N) is 1. The molecule has 2 rings (SSSR count). The molecule has 0 unspecified atom stereocenters. The van der Waals surface area contributed by atoms with Crippen LogP contribution in [0.1, 0.15) is 5.56 Å². The van der Waals surface area contributed by atoms with E-state index in [0.29, 0.717) is 17.1 Å². The highest BCUT2D eigenvalue weighted by Gasteiger charge is 2.10. The summed E-state index contributed by atoms with van der Waals surface area (Å²) in [5.74, 6) is 0.704. The summed E-state index contributed by atoms with van der Waals surface area (Å²) >= 11 is 0. The molecule has 0 fully saturated rings. The van der Waals surface area contributed by atoms with Crippen LogP contribution in [-0.2, 0) is 11.3 Å². The second-order valence-electron chi connectivity index (χ2n) is 4.55. The van der Waals surface area contributed by atoms with Gasteiger partial charge in [-0.3, -0.25) is 19.6 Å². The average Bonchev–Trinajstić information content (AvgIpc) is 3.03. The Morgan fingerprint density at radius 1 is 1.46 bits per heavy atom. The molecule has 2 aromatic rings. The summed E-state index contributed by atoms with van der Waals surface area (Å²) in [6.45, 7) is -0.194. The Kier molecular flexibility index (Phi) is 5.45. The number of hydrogen-bond donors (Lipinski definition) is 1. The van der Waals surface area contributed by atoms with Crippen molar-refractivity contribution in [3.05, 3.63) is 46.3 Å². The van der Waals surface area contributed by atoms with Gasteiger partial charge in [-0.1, -0.05) is 0 Å². The predicted molar refractivity (Wildman–Crippen MR) is 84.2 cm³/mol. The minimum atomic E-state index is -0.589. The van der Waals surface area contributed by atoms with E-state index < -0.39 is 10.8 Å². The van der Waals surface area contributed by atoms with Gasteiger partial charge in [0.05, 0.1) is 25.4 Å². The second-order valence-corrected chi connectivity index (χ2v) is 4.55. The predicted octanol–water partition coefficient (Wildman–Crippen LogP) is 0.959. The maximum absolute atomic E-state index is 11.7. The van der Waals surface area contributed by atoms with Crippen LogP contribution in [0.2, 0.25) is 0 Å². The molecule has 1 amide bonds. The second kappa shape index (κ2) is 7.72. The average molecular weight is 333 g/mol. The summed E-state index contributed by atoms with van der Waals surface area (Å²) < 4.78 is 11.4. The maximum Gasteiger partial charge on any atom is 0.307 e. The van der Waals surface area contributed by atoms with Gasteiger partial charge >= 0.3 is 5.69 Å². The van der Waals surface area contributed by atoms with Crippen LogP contribution in [0.5, 0.6) is 11.5 Å². The molecule has 0 saturated heterocycles. The van der Waals surface area contributed by atoms with E-state index in [4.69, 9.17) is 9.47 Å². The lowest BCUT2D eigenvalue weighted by atomic mass is 10.2. The molecule has 0 aliphatic rings. The molecule has 1 heterocycles. The third-order valence-corrected chi connectivity index (χ3v) is 2.97. The molecule has 1 aromatic carbocycles. The molecule has 0 aliphatic carbocycles. The first-order chi connectivity index (χ1) is 11.5. The number of hydrazone groups is 1. The monoisotopic (exact) mass is 333 g/mol.